The molecule has 0 fully saturated rings. The Hall–Kier alpha value is -2.20. The predicted molar refractivity (Wildman–Crippen MR) is 78.5 cm³/mol. The van der Waals surface area contributed by atoms with Crippen molar-refractivity contribution >= 4 is 10.9 Å². The fourth-order valence-corrected chi connectivity index (χ4v) is 2.62. The molecular weight excluding hydrogens is 250 g/mol. The van der Waals surface area contributed by atoms with Gasteiger partial charge in [-0.25, -0.2) is 0 Å². The molecule has 0 aliphatic carbocycles. The molecule has 0 radical (unpaired) electrons. The number of hydrogen-bond donors (Lipinski definition) is 1. The van der Waals surface area contributed by atoms with E-state index in [1.807, 2.05) is 51.2 Å². The number of aromatic nitrogens is 3. The quantitative estimate of drug-likeness (QED) is 0.776. The van der Waals surface area contributed by atoms with Crippen LogP contribution in [-0.2, 0) is 7.05 Å². The van der Waals surface area contributed by atoms with E-state index in [-0.39, 0.29) is 0 Å². The molecular formula is C16H17N3O. The van der Waals surface area contributed by atoms with Crippen LogP contribution in [0.3, 0.4) is 0 Å². The summed E-state index contributed by atoms with van der Waals surface area (Å²) in [6.45, 7) is 3.90. The summed E-state index contributed by atoms with van der Waals surface area (Å²) in [4.78, 5) is 4.30. The summed E-state index contributed by atoms with van der Waals surface area (Å²) >= 11 is 0. The summed E-state index contributed by atoms with van der Waals surface area (Å²) < 4.78 is 1.80. The van der Waals surface area contributed by atoms with Crippen molar-refractivity contribution in [3.05, 3.63) is 59.0 Å². The fraction of sp³-hybridized carbons (Fsp3) is 0.250. The molecule has 3 rings (SSSR count). The van der Waals surface area contributed by atoms with Gasteiger partial charge in [0.2, 0.25) is 0 Å². The third kappa shape index (κ3) is 1.98. The molecule has 1 unspecified atom stereocenters. The average molecular weight is 267 g/mol. The molecule has 0 spiro atoms. The smallest absolute Gasteiger partial charge is 0.108 e. The second-order valence-electron chi connectivity index (χ2n) is 5.07. The van der Waals surface area contributed by atoms with Gasteiger partial charge in [-0.3, -0.25) is 9.67 Å². The molecule has 2 heterocycles. The first kappa shape index (κ1) is 12.8. The first-order valence-electron chi connectivity index (χ1n) is 6.61. The van der Waals surface area contributed by atoms with Gasteiger partial charge in [0.15, 0.2) is 0 Å². The highest BCUT2D eigenvalue weighted by Gasteiger charge is 2.19. The van der Waals surface area contributed by atoms with Gasteiger partial charge in [0.25, 0.3) is 0 Å². The van der Waals surface area contributed by atoms with Crippen molar-refractivity contribution in [2.75, 3.05) is 0 Å². The van der Waals surface area contributed by atoms with Crippen molar-refractivity contribution in [1.29, 1.82) is 0 Å². The lowest BCUT2D eigenvalue weighted by Crippen LogP contribution is -2.03. The van der Waals surface area contributed by atoms with Crippen LogP contribution in [0.1, 0.15) is 28.6 Å². The lowest BCUT2D eigenvalue weighted by molar-refractivity contribution is 0.219. The van der Waals surface area contributed by atoms with Crippen LogP contribution in [0.25, 0.3) is 10.9 Å². The van der Waals surface area contributed by atoms with Crippen LogP contribution in [0.2, 0.25) is 0 Å². The Morgan fingerprint density at radius 2 is 2.00 bits per heavy atom. The van der Waals surface area contributed by atoms with Crippen molar-refractivity contribution in [1.82, 2.24) is 14.8 Å². The zero-order valence-corrected chi connectivity index (χ0v) is 11.8. The molecule has 20 heavy (non-hydrogen) atoms. The molecule has 4 heteroatoms. The summed E-state index contributed by atoms with van der Waals surface area (Å²) in [5, 5.41) is 16.0. The van der Waals surface area contributed by atoms with E-state index in [0.29, 0.717) is 0 Å². The normalized spacial score (nSPS) is 12.8. The van der Waals surface area contributed by atoms with Crippen LogP contribution in [0.5, 0.6) is 0 Å². The van der Waals surface area contributed by atoms with Crippen LogP contribution in [0.15, 0.2) is 36.5 Å². The largest absolute Gasteiger partial charge is 0.384 e. The third-order valence-electron chi connectivity index (χ3n) is 3.78. The van der Waals surface area contributed by atoms with Crippen LogP contribution in [0, 0.1) is 13.8 Å². The Morgan fingerprint density at radius 1 is 1.20 bits per heavy atom. The number of hydrogen-bond acceptors (Lipinski definition) is 3. The average Bonchev–Trinajstić information content (AvgIpc) is 2.71. The van der Waals surface area contributed by atoms with Crippen molar-refractivity contribution in [2.45, 2.75) is 20.0 Å². The van der Waals surface area contributed by atoms with E-state index in [0.717, 1.165) is 33.4 Å². The van der Waals surface area contributed by atoms with Gasteiger partial charge in [-0.05, 0) is 37.6 Å². The Balaban J connectivity index is 2.10. The Morgan fingerprint density at radius 3 is 2.70 bits per heavy atom. The molecule has 3 aromatic rings. The number of benzene rings is 1. The molecule has 0 amide bonds. The zero-order chi connectivity index (χ0) is 14.3. The molecule has 0 saturated heterocycles. The maximum absolute atomic E-state index is 10.7. The van der Waals surface area contributed by atoms with Crippen molar-refractivity contribution in [3.63, 3.8) is 0 Å². The van der Waals surface area contributed by atoms with Gasteiger partial charge in [0, 0.05) is 29.9 Å². The van der Waals surface area contributed by atoms with Crippen LogP contribution >= 0.6 is 0 Å². The van der Waals surface area contributed by atoms with Crippen LogP contribution in [0.4, 0.5) is 0 Å². The Kier molecular flexibility index (Phi) is 3.03. The lowest BCUT2D eigenvalue weighted by atomic mass is 9.98. The molecule has 1 N–H and O–H groups in total. The molecule has 0 aliphatic rings. The number of rotatable bonds is 2. The number of nitrogens with zero attached hydrogens (tertiary/aromatic N) is 3. The predicted octanol–water partition coefficient (Wildman–Crippen LogP) is 2.67. The number of aliphatic hydroxyl groups is 1. The molecule has 1 atom stereocenters. The van der Waals surface area contributed by atoms with E-state index in [4.69, 9.17) is 0 Å². The summed E-state index contributed by atoms with van der Waals surface area (Å²) in [7, 11) is 1.89. The van der Waals surface area contributed by atoms with Crippen molar-refractivity contribution < 1.29 is 5.11 Å². The molecule has 2 aromatic heterocycles. The van der Waals surface area contributed by atoms with Gasteiger partial charge in [-0.2, -0.15) is 5.10 Å². The molecule has 0 saturated carbocycles. The van der Waals surface area contributed by atoms with Gasteiger partial charge in [0.05, 0.1) is 11.2 Å². The zero-order valence-electron chi connectivity index (χ0n) is 11.8. The van der Waals surface area contributed by atoms with E-state index in [9.17, 15) is 5.11 Å². The highest BCUT2D eigenvalue weighted by atomic mass is 16.3. The fourth-order valence-electron chi connectivity index (χ4n) is 2.62. The van der Waals surface area contributed by atoms with E-state index in [1.54, 1.807) is 10.9 Å². The maximum Gasteiger partial charge on any atom is 0.108 e. The molecule has 0 bridgehead atoms. The Bertz CT molecular complexity index is 776. The second kappa shape index (κ2) is 4.72. The maximum atomic E-state index is 10.7. The molecule has 0 aliphatic heterocycles. The second-order valence-corrected chi connectivity index (χ2v) is 5.07. The third-order valence-corrected chi connectivity index (χ3v) is 3.78. The van der Waals surface area contributed by atoms with Gasteiger partial charge < -0.3 is 5.11 Å². The van der Waals surface area contributed by atoms with E-state index >= 15 is 0 Å². The molecule has 102 valence electrons. The minimum Gasteiger partial charge on any atom is -0.384 e. The number of fused-ring (bicyclic) bond motifs is 1. The molecule has 1 aromatic carbocycles. The van der Waals surface area contributed by atoms with E-state index in [2.05, 4.69) is 10.1 Å². The topological polar surface area (TPSA) is 50.9 Å². The molecule has 4 nitrogen and oxygen atoms in total. The van der Waals surface area contributed by atoms with Crippen molar-refractivity contribution in [3.8, 4) is 0 Å². The first-order valence-corrected chi connectivity index (χ1v) is 6.61. The van der Waals surface area contributed by atoms with Gasteiger partial charge in [0.1, 0.15) is 6.10 Å². The summed E-state index contributed by atoms with van der Waals surface area (Å²) in [6, 6.07) is 9.75. The number of pyridine rings is 1. The minimum atomic E-state index is -0.659. The van der Waals surface area contributed by atoms with Gasteiger partial charge in [-0.15, -0.1) is 0 Å². The van der Waals surface area contributed by atoms with Crippen LogP contribution in [-0.4, -0.2) is 19.9 Å². The van der Waals surface area contributed by atoms with Gasteiger partial charge in [-0.1, -0.05) is 12.1 Å². The van der Waals surface area contributed by atoms with Crippen molar-refractivity contribution in [2.24, 2.45) is 7.05 Å². The summed E-state index contributed by atoms with van der Waals surface area (Å²) in [5.74, 6) is 0. The minimum absolute atomic E-state index is 0.659. The summed E-state index contributed by atoms with van der Waals surface area (Å²) in [6.07, 6.45) is 1.11. The number of aliphatic hydroxyl groups excluding tert-OH is 1. The first-order chi connectivity index (χ1) is 9.58. The van der Waals surface area contributed by atoms with Gasteiger partial charge >= 0.3 is 0 Å². The van der Waals surface area contributed by atoms with Crippen LogP contribution < -0.4 is 0 Å². The highest BCUT2D eigenvalue weighted by Crippen LogP contribution is 2.28. The number of aryl methyl sites for hydroxylation is 2. The standard InChI is InChI=1S/C16H17N3O/c1-10-15(11(2)19(3)18-10)16(20)13-6-7-14-12(9-13)5-4-8-17-14/h4-9,16,20H,1-3H3. The Labute approximate surface area is 117 Å². The monoisotopic (exact) mass is 267 g/mol. The highest BCUT2D eigenvalue weighted by molar-refractivity contribution is 5.79. The lowest BCUT2D eigenvalue weighted by Gasteiger charge is -2.12. The SMILES string of the molecule is Cc1nn(C)c(C)c1C(O)c1ccc2ncccc2c1. The van der Waals surface area contributed by atoms with E-state index < -0.39 is 6.10 Å². The summed E-state index contributed by atoms with van der Waals surface area (Å²) in [5.41, 5.74) is 4.54. The van der Waals surface area contributed by atoms with E-state index in [1.165, 1.54) is 0 Å².